The third kappa shape index (κ3) is 9.75. The van der Waals surface area contributed by atoms with Gasteiger partial charge in [0.15, 0.2) is 5.71 Å². The molecule has 2 aliphatic rings. The van der Waals surface area contributed by atoms with Crippen LogP contribution in [-0.4, -0.2) is 29.7 Å². The lowest BCUT2D eigenvalue weighted by Crippen LogP contribution is -2.27. The summed E-state index contributed by atoms with van der Waals surface area (Å²) < 4.78 is 2.36. The van der Waals surface area contributed by atoms with E-state index in [0.717, 1.165) is 12.5 Å². The van der Waals surface area contributed by atoms with Gasteiger partial charge in [-0.3, -0.25) is 0 Å². The molecule has 0 spiro atoms. The molecule has 0 fully saturated rings. The van der Waals surface area contributed by atoms with Crippen LogP contribution in [0.5, 0.6) is 0 Å². The van der Waals surface area contributed by atoms with Gasteiger partial charge in [0.1, 0.15) is 7.05 Å². The smallest absolute Gasteiger partial charge is 0.210 e. The number of anilines is 1. The second-order valence-electron chi connectivity index (χ2n) is 15.1. The Bertz CT molecular complexity index is 1950. The molecule has 2 nitrogen and oxygen atoms in total. The number of hydrogen-bond acceptors (Lipinski definition) is 1. The zero-order valence-electron chi connectivity index (χ0n) is 35.8. The van der Waals surface area contributed by atoms with Crippen LogP contribution in [0.4, 0.5) is 11.4 Å². The van der Waals surface area contributed by atoms with Crippen LogP contribution in [0.2, 0.25) is 0 Å². The summed E-state index contributed by atoms with van der Waals surface area (Å²) in [4.78, 5) is 2.61. The summed E-state index contributed by atoms with van der Waals surface area (Å²) in [6.45, 7) is 23.3. The lowest BCUT2D eigenvalue weighted by Gasteiger charge is -2.27. The standard InChI is InChI=1S/C46H55N2.2C2H6.CH3Br/c1-8-34(2)22-14-12-13-21-33-48-40-32-30-36-24-18-20-26-38(36)44(40)46(5,6)42(48)28-16-11-9-10-15-27-41-45(3,4)43-37-25-19-17-23-35(37)29-31-39(43)47(41)7;3*1-2/h9-11,15-20,23-32,34H,8,12-14,21-22,33H2,1-7H3;2*1-2H3;1H3/q+1;;;. The number of benzene rings is 4. The number of rotatable bonds is 12. The molecule has 2 heterocycles. The summed E-state index contributed by atoms with van der Waals surface area (Å²) in [5.41, 5.74) is 8.13. The second-order valence-corrected chi connectivity index (χ2v) is 15.1. The number of nitrogens with zero attached hydrogens (tertiary/aromatic N) is 2. The summed E-state index contributed by atoms with van der Waals surface area (Å²) in [6.07, 6.45) is 23.4. The van der Waals surface area contributed by atoms with Crippen molar-refractivity contribution >= 4 is 54.6 Å². The zero-order valence-corrected chi connectivity index (χ0v) is 37.4. The van der Waals surface area contributed by atoms with Gasteiger partial charge in [0.05, 0.1) is 5.41 Å². The van der Waals surface area contributed by atoms with E-state index in [4.69, 9.17) is 0 Å². The number of hydrogen-bond donors (Lipinski definition) is 0. The molecule has 2 aliphatic heterocycles. The Morgan fingerprint density at radius 3 is 1.87 bits per heavy atom. The maximum atomic E-state index is 2.94. The highest BCUT2D eigenvalue weighted by Crippen LogP contribution is 2.51. The first-order valence-corrected chi connectivity index (χ1v) is 22.3. The Kier molecular flexibility index (Phi) is 17.7. The molecule has 1 atom stereocenters. The van der Waals surface area contributed by atoms with Crippen LogP contribution in [0.1, 0.15) is 119 Å². The SMILES string of the molecule is CBr.CC.CC.CCC(C)CCCCCCN1/C(=C/C=C/C=C/C=C/C2=[N+](C)c3ccc4ccccc4c3C2(C)C)C(C)(C)c2c1ccc1ccccc21. The van der Waals surface area contributed by atoms with E-state index < -0.39 is 0 Å². The van der Waals surface area contributed by atoms with Crippen molar-refractivity contribution in [1.29, 1.82) is 0 Å². The molecule has 6 rings (SSSR count). The van der Waals surface area contributed by atoms with Gasteiger partial charge in [-0.05, 0) is 77.3 Å². The van der Waals surface area contributed by atoms with E-state index in [-0.39, 0.29) is 10.8 Å². The predicted octanol–water partition coefficient (Wildman–Crippen LogP) is 15.4. The molecule has 0 amide bonds. The quantitative estimate of drug-likeness (QED) is 0.0600. The maximum absolute atomic E-state index is 2.94. The summed E-state index contributed by atoms with van der Waals surface area (Å²) in [7, 11) is 2.20. The number of alkyl halides is 1. The fourth-order valence-corrected chi connectivity index (χ4v) is 8.28. The van der Waals surface area contributed by atoms with E-state index in [2.05, 4.69) is 189 Å². The Labute approximate surface area is 338 Å². The third-order valence-electron chi connectivity index (χ3n) is 11.1. The van der Waals surface area contributed by atoms with Crippen LogP contribution in [0.25, 0.3) is 21.5 Å². The molecule has 0 bridgehead atoms. The molecule has 0 aromatic heterocycles. The van der Waals surface area contributed by atoms with Crippen LogP contribution in [0, 0.1) is 5.92 Å². The highest BCUT2D eigenvalue weighted by atomic mass is 79.9. The van der Waals surface area contributed by atoms with E-state index in [1.165, 1.54) is 94.0 Å². The molecule has 0 saturated heterocycles. The number of fused-ring (bicyclic) bond motifs is 6. The molecule has 1 unspecified atom stereocenters. The zero-order chi connectivity index (χ0) is 39.9. The maximum Gasteiger partial charge on any atom is 0.210 e. The van der Waals surface area contributed by atoms with Crippen LogP contribution < -0.4 is 4.90 Å². The van der Waals surface area contributed by atoms with Crippen LogP contribution in [0.3, 0.4) is 0 Å². The minimum atomic E-state index is -0.0742. The van der Waals surface area contributed by atoms with Gasteiger partial charge in [-0.1, -0.05) is 188 Å². The highest BCUT2D eigenvalue weighted by Gasteiger charge is 2.44. The Hall–Kier alpha value is -3.69. The normalized spacial score (nSPS) is 16.7. The molecule has 0 saturated carbocycles. The van der Waals surface area contributed by atoms with Crippen LogP contribution in [-0.2, 0) is 10.8 Å². The van der Waals surface area contributed by atoms with Crippen molar-refractivity contribution in [3.05, 3.63) is 132 Å². The van der Waals surface area contributed by atoms with Gasteiger partial charge in [0.2, 0.25) is 5.69 Å². The molecule has 0 radical (unpaired) electrons. The number of unbranched alkanes of at least 4 members (excludes halogenated alkanes) is 3. The third-order valence-corrected chi connectivity index (χ3v) is 11.1. The molecule has 0 aliphatic carbocycles. The second kappa shape index (κ2) is 21.4. The first-order valence-electron chi connectivity index (χ1n) is 20.7. The summed E-state index contributed by atoms with van der Waals surface area (Å²) in [5, 5.41) is 5.36. The van der Waals surface area contributed by atoms with Gasteiger partial charge >= 0.3 is 0 Å². The molecular formula is C51H70BrN2+. The average Bonchev–Trinajstić information content (AvgIpc) is 3.55. The Morgan fingerprint density at radius 2 is 1.22 bits per heavy atom. The largest absolute Gasteiger partial charge is 0.344 e. The first-order chi connectivity index (χ1) is 26.2. The van der Waals surface area contributed by atoms with E-state index in [0.29, 0.717) is 0 Å². The molecule has 4 aromatic rings. The van der Waals surface area contributed by atoms with Crippen LogP contribution >= 0.6 is 15.9 Å². The number of allylic oxidation sites excluding steroid dienone is 8. The molecule has 3 heteroatoms. The van der Waals surface area contributed by atoms with E-state index in [9.17, 15) is 0 Å². The van der Waals surface area contributed by atoms with Gasteiger partial charge in [-0.15, -0.1) is 0 Å². The van der Waals surface area contributed by atoms with Crippen molar-refractivity contribution in [2.75, 3.05) is 24.3 Å². The van der Waals surface area contributed by atoms with Crippen molar-refractivity contribution in [2.24, 2.45) is 5.92 Å². The summed E-state index contributed by atoms with van der Waals surface area (Å²) >= 11 is 2.94. The van der Waals surface area contributed by atoms with Gasteiger partial charge in [0.25, 0.3) is 0 Å². The summed E-state index contributed by atoms with van der Waals surface area (Å²) in [5.74, 6) is 2.66. The topological polar surface area (TPSA) is 6.25 Å². The van der Waals surface area contributed by atoms with Gasteiger partial charge in [0, 0.05) is 41.1 Å². The molecule has 290 valence electrons. The predicted molar refractivity (Wildman–Crippen MR) is 248 cm³/mol. The Morgan fingerprint density at radius 1 is 0.667 bits per heavy atom. The van der Waals surface area contributed by atoms with Crippen molar-refractivity contribution < 1.29 is 4.58 Å². The highest BCUT2D eigenvalue weighted by molar-refractivity contribution is 9.08. The average molecular weight is 791 g/mol. The van der Waals surface area contributed by atoms with Gasteiger partial charge in [-0.2, -0.15) is 4.58 Å². The summed E-state index contributed by atoms with van der Waals surface area (Å²) in [6, 6.07) is 26.8. The minimum Gasteiger partial charge on any atom is -0.344 e. The number of halogens is 1. The van der Waals surface area contributed by atoms with Crippen molar-refractivity contribution in [3.8, 4) is 0 Å². The lowest BCUT2D eigenvalue weighted by atomic mass is 9.79. The van der Waals surface area contributed by atoms with Gasteiger partial charge < -0.3 is 4.90 Å². The fraction of sp³-hybridized carbons (Fsp3) is 0.431. The molecule has 0 N–H and O–H groups in total. The molecular weight excluding hydrogens is 720 g/mol. The minimum absolute atomic E-state index is 0.0693. The molecule has 54 heavy (non-hydrogen) atoms. The van der Waals surface area contributed by atoms with E-state index in [1.807, 2.05) is 33.5 Å². The first kappa shape index (κ1) is 44.7. The van der Waals surface area contributed by atoms with Crippen molar-refractivity contribution in [1.82, 2.24) is 0 Å². The van der Waals surface area contributed by atoms with Crippen LogP contribution in [0.15, 0.2) is 121 Å². The van der Waals surface area contributed by atoms with E-state index >= 15 is 0 Å². The Balaban J connectivity index is 0.00000124. The molecule has 4 aromatic carbocycles. The monoisotopic (exact) mass is 789 g/mol. The van der Waals surface area contributed by atoms with Crippen molar-refractivity contribution in [3.63, 3.8) is 0 Å². The lowest BCUT2D eigenvalue weighted by molar-refractivity contribution is -0.401. The van der Waals surface area contributed by atoms with E-state index in [1.54, 1.807) is 0 Å². The fourth-order valence-electron chi connectivity index (χ4n) is 8.28. The van der Waals surface area contributed by atoms with Crippen molar-refractivity contribution in [2.45, 2.75) is 119 Å². The van der Waals surface area contributed by atoms with Gasteiger partial charge in [-0.25, -0.2) is 0 Å².